The van der Waals surface area contributed by atoms with Crippen LogP contribution in [0.3, 0.4) is 0 Å². The van der Waals surface area contributed by atoms with Crippen molar-refractivity contribution >= 4 is 5.78 Å². The number of hydrogen-bond acceptors (Lipinski definition) is 7. The molecular weight excluding hydrogens is 400 g/mol. The van der Waals surface area contributed by atoms with Gasteiger partial charge in [0, 0.05) is 12.5 Å². The molecule has 2 unspecified atom stereocenters. The number of ketones is 1. The lowest BCUT2D eigenvalue weighted by atomic mass is 10.0. The average molecular weight is 435 g/mol. The summed E-state index contributed by atoms with van der Waals surface area (Å²) in [4.78, 5) is 11.9. The number of carbonyl (C=O) groups is 1. The third-order valence-electron chi connectivity index (χ3n) is 4.88. The molecule has 2 rings (SSSR count). The van der Waals surface area contributed by atoms with Crippen molar-refractivity contribution in [3.63, 3.8) is 0 Å². The maximum absolute atomic E-state index is 11.9. The Morgan fingerprint density at radius 2 is 1.97 bits per heavy atom. The number of benzene rings is 1. The lowest BCUT2D eigenvalue weighted by Crippen LogP contribution is -2.30. The number of rotatable bonds is 14. The number of aliphatic hydroxyl groups is 1. The van der Waals surface area contributed by atoms with Crippen molar-refractivity contribution in [2.45, 2.75) is 45.4 Å². The van der Waals surface area contributed by atoms with E-state index in [1.807, 2.05) is 37.3 Å². The van der Waals surface area contributed by atoms with E-state index in [1.165, 1.54) is 12.2 Å². The summed E-state index contributed by atoms with van der Waals surface area (Å²) in [6.45, 7) is 6.70. The second-order valence-corrected chi connectivity index (χ2v) is 7.32. The highest BCUT2D eigenvalue weighted by Gasteiger charge is 2.22. The van der Waals surface area contributed by atoms with Gasteiger partial charge in [0.15, 0.2) is 12.1 Å². The van der Waals surface area contributed by atoms with Gasteiger partial charge in [0.1, 0.15) is 11.9 Å². The van der Waals surface area contributed by atoms with Crippen LogP contribution < -0.4 is 4.74 Å². The van der Waals surface area contributed by atoms with Gasteiger partial charge in [-0.2, -0.15) is 0 Å². The first-order chi connectivity index (χ1) is 15.0. The van der Waals surface area contributed by atoms with Gasteiger partial charge in [-0.05, 0) is 43.2 Å². The predicted molar refractivity (Wildman–Crippen MR) is 117 cm³/mol. The van der Waals surface area contributed by atoms with Gasteiger partial charge in [-0.25, -0.2) is 0 Å². The standard InChI is InChI=1S/C24H34O7/c1-4-28-14-15-30-22(6-5-7-23-21(25)12-13-24(26)31-23)18(2)16-29-17-19-8-10-20(27-3)11-9-19/h5,7-13,18,22-24,26H,4,6,14-17H2,1-3H3/b7-5+/t18-,22-,23?,24?/m0/s1. The minimum absolute atomic E-state index is 0.105. The smallest absolute Gasteiger partial charge is 0.188 e. The molecular formula is C24H34O7. The van der Waals surface area contributed by atoms with Gasteiger partial charge < -0.3 is 28.8 Å². The van der Waals surface area contributed by atoms with E-state index in [9.17, 15) is 9.90 Å². The molecule has 1 aromatic carbocycles. The molecule has 1 heterocycles. The summed E-state index contributed by atoms with van der Waals surface area (Å²) in [6.07, 6.45) is 4.85. The van der Waals surface area contributed by atoms with Crippen LogP contribution >= 0.6 is 0 Å². The molecule has 0 amide bonds. The minimum Gasteiger partial charge on any atom is -0.497 e. The van der Waals surface area contributed by atoms with Crippen LogP contribution in [0.15, 0.2) is 48.6 Å². The fraction of sp³-hybridized carbons (Fsp3) is 0.542. The molecule has 1 aromatic rings. The molecule has 0 saturated heterocycles. The van der Waals surface area contributed by atoms with Crippen molar-refractivity contribution < 1.29 is 33.6 Å². The fourth-order valence-corrected chi connectivity index (χ4v) is 3.07. The largest absolute Gasteiger partial charge is 0.497 e. The molecule has 0 radical (unpaired) electrons. The normalized spacial score (nSPS) is 20.8. The Hall–Kier alpha value is -2.03. The van der Waals surface area contributed by atoms with E-state index in [-0.39, 0.29) is 17.8 Å². The summed E-state index contributed by atoms with van der Waals surface area (Å²) in [5, 5.41) is 9.52. The van der Waals surface area contributed by atoms with Crippen LogP contribution in [0, 0.1) is 5.92 Å². The van der Waals surface area contributed by atoms with E-state index in [1.54, 1.807) is 13.2 Å². The van der Waals surface area contributed by atoms with Crippen molar-refractivity contribution in [1.29, 1.82) is 0 Å². The topological polar surface area (TPSA) is 83.5 Å². The lowest BCUT2D eigenvalue weighted by molar-refractivity contribution is -0.141. The highest BCUT2D eigenvalue weighted by atomic mass is 16.6. The molecule has 172 valence electrons. The van der Waals surface area contributed by atoms with Gasteiger partial charge in [-0.1, -0.05) is 31.2 Å². The van der Waals surface area contributed by atoms with Crippen molar-refractivity contribution in [2.24, 2.45) is 5.92 Å². The molecule has 1 aliphatic rings. The summed E-state index contributed by atoms with van der Waals surface area (Å²) in [7, 11) is 1.64. The summed E-state index contributed by atoms with van der Waals surface area (Å²) >= 11 is 0. The van der Waals surface area contributed by atoms with Crippen LogP contribution in [0.25, 0.3) is 0 Å². The molecule has 31 heavy (non-hydrogen) atoms. The van der Waals surface area contributed by atoms with E-state index in [0.29, 0.717) is 39.5 Å². The van der Waals surface area contributed by atoms with E-state index in [0.717, 1.165) is 11.3 Å². The molecule has 7 heteroatoms. The fourth-order valence-electron chi connectivity index (χ4n) is 3.07. The Balaban J connectivity index is 1.85. The monoisotopic (exact) mass is 434 g/mol. The summed E-state index contributed by atoms with van der Waals surface area (Å²) in [5.74, 6) is 0.749. The van der Waals surface area contributed by atoms with Crippen LogP contribution in [0.1, 0.15) is 25.8 Å². The molecule has 0 spiro atoms. The minimum atomic E-state index is -1.06. The Kier molecular flexibility index (Phi) is 11.5. The predicted octanol–water partition coefficient (Wildman–Crippen LogP) is 3.06. The second-order valence-electron chi connectivity index (χ2n) is 7.32. The van der Waals surface area contributed by atoms with Gasteiger partial charge in [0.25, 0.3) is 0 Å². The first-order valence-electron chi connectivity index (χ1n) is 10.7. The first-order valence-corrected chi connectivity index (χ1v) is 10.7. The number of aliphatic hydroxyl groups excluding tert-OH is 1. The third kappa shape index (κ3) is 9.33. The van der Waals surface area contributed by atoms with Gasteiger partial charge in [0.05, 0.1) is 39.6 Å². The zero-order chi connectivity index (χ0) is 22.5. The number of methoxy groups -OCH3 is 1. The SMILES string of the molecule is CCOCCO[C@@H](C/C=C/C1OC(O)C=CC1=O)[C@@H](C)COCc1ccc(OC)cc1. The zero-order valence-electron chi connectivity index (χ0n) is 18.6. The van der Waals surface area contributed by atoms with E-state index in [2.05, 4.69) is 6.92 Å². The van der Waals surface area contributed by atoms with Crippen molar-refractivity contribution in [1.82, 2.24) is 0 Å². The van der Waals surface area contributed by atoms with Crippen molar-refractivity contribution in [3.8, 4) is 5.75 Å². The van der Waals surface area contributed by atoms with Crippen molar-refractivity contribution in [3.05, 3.63) is 54.1 Å². The third-order valence-corrected chi connectivity index (χ3v) is 4.88. The van der Waals surface area contributed by atoms with Gasteiger partial charge in [0.2, 0.25) is 0 Å². The molecule has 1 N–H and O–H groups in total. The zero-order valence-corrected chi connectivity index (χ0v) is 18.6. The van der Waals surface area contributed by atoms with Crippen LogP contribution in [0.5, 0.6) is 5.75 Å². The number of ether oxygens (including phenoxy) is 5. The Bertz CT molecular complexity index is 698. The molecule has 7 nitrogen and oxygen atoms in total. The average Bonchev–Trinajstić information content (AvgIpc) is 2.78. The van der Waals surface area contributed by atoms with Crippen LogP contribution in [-0.4, -0.2) is 62.9 Å². The second kappa shape index (κ2) is 14.1. The summed E-state index contributed by atoms with van der Waals surface area (Å²) in [5.41, 5.74) is 1.07. The summed E-state index contributed by atoms with van der Waals surface area (Å²) < 4.78 is 27.7. The Morgan fingerprint density at radius 1 is 1.19 bits per heavy atom. The molecule has 0 saturated carbocycles. The maximum atomic E-state index is 11.9. The van der Waals surface area contributed by atoms with Crippen LogP contribution in [-0.2, 0) is 30.3 Å². The first kappa shape index (κ1) is 25.2. The molecule has 0 aromatic heterocycles. The van der Waals surface area contributed by atoms with Gasteiger partial charge >= 0.3 is 0 Å². The van der Waals surface area contributed by atoms with Gasteiger partial charge in [-0.15, -0.1) is 0 Å². The molecule has 0 fully saturated rings. The van der Waals surface area contributed by atoms with Crippen LogP contribution in [0.4, 0.5) is 0 Å². The Labute approximate surface area is 184 Å². The number of hydrogen-bond donors (Lipinski definition) is 1. The van der Waals surface area contributed by atoms with Gasteiger partial charge in [-0.3, -0.25) is 4.79 Å². The van der Waals surface area contributed by atoms with E-state index >= 15 is 0 Å². The lowest BCUT2D eigenvalue weighted by Gasteiger charge is -2.24. The highest BCUT2D eigenvalue weighted by molar-refractivity contribution is 5.95. The van der Waals surface area contributed by atoms with Crippen molar-refractivity contribution in [2.75, 3.05) is 33.5 Å². The highest BCUT2D eigenvalue weighted by Crippen LogP contribution is 2.17. The van der Waals surface area contributed by atoms with E-state index in [4.69, 9.17) is 23.7 Å². The molecule has 0 aliphatic carbocycles. The Morgan fingerprint density at radius 3 is 2.68 bits per heavy atom. The maximum Gasteiger partial charge on any atom is 0.188 e. The number of carbonyl (C=O) groups excluding carboxylic acids is 1. The quantitative estimate of drug-likeness (QED) is 0.356. The van der Waals surface area contributed by atoms with Crippen LogP contribution in [0.2, 0.25) is 0 Å². The van der Waals surface area contributed by atoms with E-state index < -0.39 is 12.4 Å². The molecule has 1 aliphatic heterocycles. The summed E-state index contributed by atoms with van der Waals surface area (Å²) in [6, 6.07) is 7.78. The molecule has 0 bridgehead atoms. The molecule has 4 atom stereocenters.